The van der Waals surface area contributed by atoms with E-state index in [1.807, 2.05) is 0 Å². The van der Waals surface area contributed by atoms with E-state index in [1.165, 1.54) is 6.20 Å². The highest BCUT2D eigenvalue weighted by atomic mass is 35.5. The quantitative estimate of drug-likeness (QED) is 0.651. The Labute approximate surface area is 96.8 Å². The van der Waals surface area contributed by atoms with E-state index in [4.69, 9.17) is 27.9 Å². The van der Waals surface area contributed by atoms with Crippen LogP contribution in [-0.2, 0) is 9.53 Å². The minimum Gasteiger partial charge on any atom is -0.465 e. The van der Waals surface area contributed by atoms with Crippen molar-refractivity contribution in [3.63, 3.8) is 0 Å². The number of hydrogen-bond donors (Lipinski definition) is 1. The Morgan fingerprint density at radius 2 is 2.33 bits per heavy atom. The largest absolute Gasteiger partial charge is 0.465 e. The van der Waals surface area contributed by atoms with Gasteiger partial charge in [0.05, 0.1) is 12.8 Å². The van der Waals surface area contributed by atoms with Crippen molar-refractivity contribution in [2.45, 2.75) is 6.92 Å². The third-order valence-corrected chi connectivity index (χ3v) is 1.88. The molecule has 15 heavy (non-hydrogen) atoms. The molecule has 1 aromatic heterocycles. The molecular formula is C8H9Cl2N3O2. The molecule has 1 N–H and O–H groups in total. The number of carbonyl (C=O) groups is 1. The average Bonchev–Trinajstić information content (AvgIpc) is 2.20. The van der Waals surface area contributed by atoms with Gasteiger partial charge in [0.1, 0.15) is 17.4 Å². The van der Waals surface area contributed by atoms with Crippen molar-refractivity contribution in [3.05, 3.63) is 16.5 Å². The third kappa shape index (κ3) is 3.89. The van der Waals surface area contributed by atoms with Crippen LogP contribution in [-0.4, -0.2) is 29.1 Å². The van der Waals surface area contributed by atoms with Gasteiger partial charge in [-0.25, -0.2) is 4.98 Å². The van der Waals surface area contributed by atoms with Crippen LogP contribution in [0.25, 0.3) is 0 Å². The van der Waals surface area contributed by atoms with E-state index in [2.05, 4.69) is 15.3 Å². The summed E-state index contributed by atoms with van der Waals surface area (Å²) in [6.07, 6.45) is 1.35. The van der Waals surface area contributed by atoms with Crippen molar-refractivity contribution >= 4 is 35.0 Å². The SMILES string of the molecule is CCOC(=O)CNc1nc(Cl)ncc1Cl. The molecule has 0 bridgehead atoms. The van der Waals surface area contributed by atoms with Crippen LogP contribution in [0.5, 0.6) is 0 Å². The molecule has 0 aliphatic rings. The van der Waals surface area contributed by atoms with E-state index in [1.54, 1.807) is 6.92 Å². The predicted octanol–water partition coefficient (Wildman–Crippen LogP) is 1.76. The normalized spacial score (nSPS) is 9.80. The molecule has 1 heterocycles. The maximum absolute atomic E-state index is 11.0. The van der Waals surface area contributed by atoms with E-state index >= 15 is 0 Å². The number of halogens is 2. The van der Waals surface area contributed by atoms with Crippen LogP contribution in [0, 0.1) is 0 Å². The van der Waals surface area contributed by atoms with E-state index in [-0.39, 0.29) is 17.8 Å². The van der Waals surface area contributed by atoms with Gasteiger partial charge in [-0.2, -0.15) is 4.98 Å². The van der Waals surface area contributed by atoms with Gasteiger partial charge in [0, 0.05) is 0 Å². The minimum atomic E-state index is -0.386. The fraction of sp³-hybridized carbons (Fsp3) is 0.375. The van der Waals surface area contributed by atoms with Crippen LogP contribution in [0.1, 0.15) is 6.92 Å². The summed E-state index contributed by atoms with van der Waals surface area (Å²) in [6, 6.07) is 0. The first-order valence-electron chi connectivity index (χ1n) is 4.21. The molecule has 0 aliphatic heterocycles. The van der Waals surface area contributed by atoms with E-state index < -0.39 is 0 Å². The molecule has 5 nitrogen and oxygen atoms in total. The number of ether oxygens (including phenoxy) is 1. The zero-order chi connectivity index (χ0) is 11.3. The maximum atomic E-state index is 11.0. The summed E-state index contributed by atoms with van der Waals surface area (Å²) < 4.78 is 4.71. The second-order valence-corrected chi connectivity index (χ2v) is 3.24. The summed E-state index contributed by atoms with van der Waals surface area (Å²) in [5.74, 6) is -0.0759. The Morgan fingerprint density at radius 3 is 3.00 bits per heavy atom. The number of nitrogens with one attached hydrogen (secondary N) is 1. The highest BCUT2D eigenvalue weighted by Crippen LogP contribution is 2.18. The molecule has 82 valence electrons. The lowest BCUT2D eigenvalue weighted by Crippen LogP contribution is -2.17. The van der Waals surface area contributed by atoms with Crippen LogP contribution in [0.2, 0.25) is 10.3 Å². The van der Waals surface area contributed by atoms with Crippen molar-refractivity contribution in [3.8, 4) is 0 Å². The summed E-state index contributed by atoms with van der Waals surface area (Å²) in [4.78, 5) is 18.5. The standard InChI is InChI=1S/C8H9Cl2N3O2/c1-2-15-6(14)4-11-7-5(9)3-12-8(10)13-7/h3H,2,4H2,1H3,(H,11,12,13). The Kier molecular flexibility index (Phi) is 4.58. The van der Waals surface area contributed by atoms with E-state index in [0.29, 0.717) is 17.4 Å². The van der Waals surface area contributed by atoms with Gasteiger partial charge in [0.2, 0.25) is 5.28 Å². The van der Waals surface area contributed by atoms with Gasteiger partial charge in [0.25, 0.3) is 0 Å². The van der Waals surface area contributed by atoms with Gasteiger partial charge in [0.15, 0.2) is 0 Å². The van der Waals surface area contributed by atoms with Gasteiger partial charge >= 0.3 is 5.97 Å². The minimum absolute atomic E-state index is 0.0130. The van der Waals surface area contributed by atoms with Crippen molar-refractivity contribution in [2.24, 2.45) is 0 Å². The van der Waals surface area contributed by atoms with Crippen LogP contribution < -0.4 is 5.32 Å². The Balaban J connectivity index is 2.57. The smallest absolute Gasteiger partial charge is 0.325 e. The van der Waals surface area contributed by atoms with Gasteiger partial charge in [-0.05, 0) is 18.5 Å². The molecule has 0 atom stereocenters. The molecule has 0 saturated carbocycles. The van der Waals surface area contributed by atoms with Crippen LogP contribution in [0.4, 0.5) is 5.82 Å². The number of rotatable bonds is 4. The molecule has 0 aliphatic carbocycles. The summed E-state index contributed by atoms with van der Waals surface area (Å²) in [7, 11) is 0. The van der Waals surface area contributed by atoms with Crippen molar-refractivity contribution in [1.82, 2.24) is 9.97 Å². The van der Waals surface area contributed by atoms with Crippen molar-refractivity contribution in [2.75, 3.05) is 18.5 Å². The highest BCUT2D eigenvalue weighted by molar-refractivity contribution is 6.33. The first-order chi connectivity index (χ1) is 7.13. The lowest BCUT2D eigenvalue weighted by molar-refractivity contribution is -0.140. The number of carbonyl (C=O) groups excluding carboxylic acids is 1. The molecule has 1 rings (SSSR count). The summed E-state index contributed by atoms with van der Waals surface area (Å²) in [5.41, 5.74) is 0. The fourth-order valence-corrected chi connectivity index (χ4v) is 1.13. The Bertz CT molecular complexity index is 360. The molecule has 0 aromatic carbocycles. The fourth-order valence-electron chi connectivity index (χ4n) is 0.837. The van der Waals surface area contributed by atoms with Gasteiger partial charge in [-0.3, -0.25) is 4.79 Å². The van der Waals surface area contributed by atoms with E-state index in [9.17, 15) is 4.79 Å². The molecule has 0 amide bonds. The molecule has 0 spiro atoms. The monoisotopic (exact) mass is 249 g/mol. The second kappa shape index (κ2) is 5.72. The second-order valence-electron chi connectivity index (χ2n) is 2.49. The molecule has 1 aromatic rings. The highest BCUT2D eigenvalue weighted by Gasteiger charge is 2.06. The Hall–Kier alpha value is -1.07. The first kappa shape index (κ1) is 12.0. The zero-order valence-corrected chi connectivity index (χ0v) is 9.47. The number of nitrogens with zero attached hydrogens (tertiary/aromatic N) is 2. The maximum Gasteiger partial charge on any atom is 0.325 e. The van der Waals surface area contributed by atoms with Crippen LogP contribution in [0.3, 0.4) is 0 Å². The van der Waals surface area contributed by atoms with Crippen LogP contribution in [0.15, 0.2) is 6.20 Å². The average molecular weight is 250 g/mol. The molecule has 0 unspecified atom stereocenters. The summed E-state index contributed by atoms with van der Waals surface area (Å²) in [5, 5.41) is 3.05. The molecule has 0 saturated heterocycles. The van der Waals surface area contributed by atoms with Crippen molar-refractivity contribution in [1.29, 1.82) is 0 Å². The van der Waals surface area contributed by atoms with E-state index in [0.717, 1.165) is 0 Å². The first-order valence-corrected chi connectivity index (χ1v) is 4.96. The number of esters is 1. The lowest BCUT2D eigenvalue weighted by Gasteiger charge is -2.06. The van der Waals surface area contributed by atoms with Gasteiger partial charge < -0.3 is 10.1 Å². The number of hydrogen-bond acceptors (Lipinski definition) is 5. The molecule has 0 fully saturated rings. The summed E-state index contributed by atoms with van der Waals surface area (Å²) in [6.45, 7) is 2.05. The molecule has 7 heteroatoms. The molecule has 0 radical (unpaired) electrons. The molecular weight excluding hydrogens is 241 g/mol. The van der Waals surface area contributed by atoms with Gasteiger partial charge in [-0.15, -0.1) is 0 Å². The number of aromatic nitrogens is 2. The van der Waals surface area contributed by atoms with Crippen LogP contribution >= 0.6 is 23.2 Å². The van der Waals surface area contributed by atoms with Crippen molar-refractivity contribution < 1.29 is 9.53 Å². The lowest BCUT2D eigenvalue weighted by atomic mass is 10.5. The predicted molar refractivity (Wildman–Crippen MR) is 57.2 cm³/mol. The number of anilines is 1. The third-order valence-electron chi connectivity index (χ3n) is 1.42. The Morgan fingerprint density at radius 1 is 1.60 bits per heavy atom. The van der Waals surface area contributed by atoms with Gasteiger partial charge in [-0.1, -0.05) is 11.6 Å². The summed E-state index contributed by atoms with van der Waals surface area (Å²) >= 11 is 11.3. The zero-order valence-electron chi connectivity index (χ0n) is 7.96. The topological polar surface area (TPSA) is 64.1 Å².